The van der Waals surface area contributed by atoms with Crippen molar-refractivity contribution in [2.75, 3.05) is 6.54 Å². The molecule has 21 heavy (non-hydrogen) atoms. The number of nitrogens with zero attached hydrogens (tertiary/aromatic N) is 2. The van der Waals surface area contributed by atoms with E-state index in [-0.39, 0.29) is 0 Å². The maximum atomic E-state index is 5.58. The molecule has 0 fully saturated rings. The van der Waals surface area contributed by atoms with Crippen molar-refractivity contribution >= 4 is 21.6 Å². The lowest BCUT2D eigenvalue weighted by atomic mass is 10.1. The average Bonchev–Trinajstić information content (AvgIpc) is 2.76. The second-order valence-corrected chi connectivity index (χ2v) is 6.61. The summed E-state index contributed by atoms with van der Waals surface area (Å²) in [5.74, 6) is 0.850. The molecule has 2 aromatic rings. The Morgan fingerprint density at radius 2 is 2.19 bits per heavy atom. The average molecular weight is 303 g/mol. The largest absolute Gasteiger partial charge is 0.497 e. The zero-order valence-corrected chi connectivity index (χ0v) is 13.6. The van der Waals surface area contributed by atoms with Gasteiger partial charge in [-0.25, -0.2) is 9.97 Å². The van der Waals surface area contributed by atoms with E-state index in [1.807, 2.05) is 13.2 Å². The lowest BCUT2D eigenvalue weighted by molar-refractivity contribution is 0.122. The first kappa shape index (κ1) is 14.5. The van der Waals surface area contributed by atoms with Crippen molar-refractivity contribution in [1.29, 1.82) is 0 Å². The Bertz CT molecular complexity index is 678. The van der Waals surface area contributed by atoms with E-state index in [4.69, 9.17) is 4.74 Å². The first-order valence-electron chi connectivity index (χ1n) is 7.39. The topological polar surface area (TPSA) is 47.0 Å². The molecule has 0 aromatic carbocycles. The normalized spacial score (nSPS) is 18.1. The number of nitrogens with one attached hydrogen (secondary N) is 1. The first-order chi connectivity index (χ1) is 10.1. The number of thiophene rings is 1. The summed E-state index contributed by atoms with van der Waals surface area (Å²) in [7, 11) is 0. The van der Waals surface area contributed by atoms with Crippen LogP contribution in [0, 0.1) is 20.8 Å². The molecule has 1 unspecified atom stereocenters. The second kappa shape index (κ2) is 6.12. The van der Waals surface area contributed by atoms with Crippen LogP contribution in [0.4, 0.5) is 0 Å². The summed E-state index contributed by atoms with van der Waals surface area (Å²) < 4.78 is 5.58. The molecule has 0 aliphatic carbocycles. The van der Waals surface area contributed by atoms with Gasteiger partial charge in [0.1, 0.15) is 16.8 Å². The summed E-state index contributed by atoms with van der Waals surface area (Å²) in [5, 5.41) is 4.73. The van der Waals surface area contributed by atoms with Crippen LogP contribution in [0.15, 0.2) is 12.3 Å². The molecule has 5 heteroatoms. The number of allylic oxidation sites excluding steroid dienone is 1. The molecule has 1 aliphatic heterocycles. The molecular weight excluding hydrogens is 282 g/mol. The highest BCUT2D eigenvalue weighted by Crippen LogP contribution is 2.31. The van der Waals surface area contributed by atoms with Crippen molar-refractivity contribution in [2.24, 2.45) is 0 Å². The minimum Gasteiger partial charge on any atom is -0.497 e. The number of aryl methyl sites for hydroxylation is 3. The summed E-state index contributed by atoms with van der Waals surface area (Å²) in [6.45, 7) is 7.95. The Hall–Kier alpha value is -1.46. The van der Waals surface area contributed by atoms with E-state index in [0.717, 1.165) is 42.3 Å². The van der Waals surface area contributed by atoms with Crippen molar-refractivity contribution < 1.29 is 4.74 Å². The predicted octanol–water partition coefficient (Wildman–Crippen LogP) is 3.40. The third kappa shape index (κ3) is 3.09. The molecule has 3 rings (SSSR count). The maximum absolute atomic E-state index is 5.58. The minimum absolute atomic E-state index is 0.299. The lowest BCUT2D eigenvalue weighted by Crippen LogP contribution is -2.28. The van der Waals surface area contributed by atoms with Gasteiger partial charge in [0, 0.05) is 29.0 Å². The molecule has 0 bridgehead atoms. The van der Waals surface area contributed by atoms with Gasteiger partial charge in [0.2, 0.25) is 0 Å². The highest BCUT2D eigenvalue weighted by Gasteiger charge is 2.14. The lowest BCUT2D eigenvalue weighted by Gasteiger charge is -2.19. The predicted molar refractivity (Wildman–Crippen MR) is 86.6 cm³/mol. The van der Waals surface area contributed by atoms with Crippen LogP contribution in [0.1, 0.15) is 34.8 Å². The van der Waals surface area contributed by atoms with Crippen LogP contribution in [-0.2, 0) is 11.3 Å². The van der Waals surface area contributed by atoms with Gasteiger partial charge in [-0.15, -0.1) is 11.3 Å². The molecule has 112 valence electrons. The van der Waals surface area contributed by atoms with Gasteiger partial charge in [-0.1, -0.05) is 0 Å². The SMILES string of the molecule is Cc1nc(C)c2c(C)c(CNCC3CCC=CO3)sc2n1. The minimum atomic E-state index is 0.299. The highest BCUT2D eigenvalue weighted by atomic mass is 32.1. The maximum Gasteiger partial charge on any atom is 0.127 e. The van der Waals surface area contributed by atoms with Gasteiger partial charge in [0.25, 0.3) is 0 Å². The fourth-order valence-corrected chi connectivity index (χ4v) is 4.01. The van der Waals surface area contributed by atoms with E-state index in [9.17, 15) is 0 Å². The van der Waals surface area contributed by atoms with Crippen molar-refractivity contribution in [3.05, 3.63) is 34.3 Å². The number of ether oxygens (including phenoxy) is 1. The summed E-state index contributed by atoms with van der Waals surface area (Å²) >= 11 is 1.77. The van der Waals surface area contributed by atoms with Crippen molar-refractivity contribution in [2.45, 2.75) is 46.3 Å². The van der Waals surface area contributed by atoms with Crippen LogP contribution in [0.2, 0.25) is 0 Å². The van der Waals surface area contributed by atoms with E-state index >= 15 is 0 Å². The summed E-state index contributed by atoms with van der Waals surface area (Å²) in [4.78, 5) is 11.5. The number of hydrogen-bond donors (Lipinski definition) is 1. The fourth-order valence-electron chi connectivity index (χ4n) is 2.77. The molecule has 0 amide bonds. The molecule has 2 aromatic heterocycles. The smallest absolute Gasteiger partial charge is 0.127 e. The van der Waals surface area contributed by atoms with Gasteiger partial charge in [0.15, 0.2) is 0 Å². The fraction of sp³-hybridized carbons (Fsp3) is 0.500. The van der Waals surface area contributed by atoms with E-state index in [1.165, 1.54) is 15.8 Å². The molecule has 0 saturated heterocycles. The second-order valence-electron chi connectivity index (χ2n) is 5.52. The first-order valence-corrected chi connectivity index (χ1v) is 8.21. The number of rotatable bonds is 4. The van der Waals surface area contributed by atoms with Gasteiger partial charge >= 0.3 is 0 Å². The summed E-state index contributed by atoms with van der Waals surface area (Å²) in [5.41, 5.74) is 2.39. The van der Waals surface area contributed by atoms with Crippen LogP contribution >= 0.6 is 11.3 Å². The van der Waals surface area contributed by atoms with E-state index in [0.29, 0.717) is 6.10 Å². The quantitative estimate of drug-likeness (QED) is 0.940. The summed E-state index contributed by atoms with van der Waals surface area (Å²) in [6, 6.07) is 0. The molecule has 4 nitrogen and oxygen atoms in total. The highest BCUT2D eigenvalue weighted by molar-refractivity contribution is 7.18. The third-order valence-electron chi connectivity index (χ3n) is 3.86. The van der Waals surface area contributed by atoms with Crippen LogP contribution < -0.4 is 5.32 Å². The van der Waals surface area contributed by atoms with Gasteiger partial charge < -0.3 is 10.1 Å². The molecule has 1 atom stereocenters. The van der Waals surface area contributed by atoms with Crippen LogP contribution in [0.3, 0.4) is 0 Å². The van der Waals surface area contributed by atoms with E-state index in [1.54, 1.807) is 11.3 Å². The Morgan fingerprint density at radius 1 is 1.33 bits per heavy atom. The van der Waals surface area contributed by atoms with Crippen LogP contribution in [0.25, 0.3) is 10.2 Å². The van der Waals surface area contributed by atoms with Gasteiger partial charge in [-0.3, -0.25) is 0 Å². The Kier molecular flexibility index (Phi) is 4.22. The molecule has 0 saturated carbocycles. The van der Waals surface area contributed by atoms with Crippen molar-refractivity contribution in [1.82, 2.24) is 15.3 Å². The van der Waals surface area contributed by atoms with Gasteiger partial charge in [-0.2, -0.15) is 0 Å². The standard InChI is InChI=1S/C16H21N3OS/c1-10-14(9-17-8-13-6-4-5-7-20-13)21-16-15(10)11(2)18-12(3)19-16/h5,7,13,17H,4,6,8-9H2,1-3H3. The molecular formula is C16H21N3OS. The molecule has 3 heterocycles. The number of fused-ring (bicyclic) bond motifs is 1. The Morgan fingerprint density at radius 3 is 2.95 bits per heavy atom. The molecule has 0 spiro atoms. The van der Waals surface area contributed by atoms with Gasteiger partial charge in [0.05, 0.1) is 6.26 Å². The number of hydrogen-bond acceptors (Lipinski definition) is 5. The zero-order valence-electron chi connectivity index (χ0n) is 12.8. The van der Waals surface area contributed by atoms with Crippen molar-refractivity contribution in [3.63, 3.8) is 0 Å². The monoisotopic (exact) mass is 303 g/mol. The third-order valence-corrected chi connectivity index (χ3v) is 5.05. The van der Waals surface area contributed by atoms with E-state index in [2.05, 4.69) is 35.2 Å². The Labute approximate surface area is 129 Å². The van der Waals surface area contributed by atoms with Gasteiger partial charge in [-0.05, 0) is 45.3 Å². The molecule has 0 radical (unpaired) electrons. The van der Waals surface area contributed by atoms with Crippen LogP contribution in [-0.4, -0.2) is 22.6 Å². The zero-order chi connectivity index (χ0) is 14.8. The van der Waals surface area contributed by atoms with E-state index < -0.39 is 0 Å². The van der Waals surface area contributed by atoms with Crippen LogP contribution in [0.5, 0.6) is 0 Å². The van der Waals surface area contributed by atoms with Crippen molar-refractivity contribution in [3.8, 4) is 0 Å². The molecule has 1 N–H and O–H groups in total. The number of aromatic nitrogens is 2. The summed E-state index contributed by atoms with van der Waals surface area (Å²) in [6.07, 6.45) is 6.41. The molecule has 1 aliphatic rings. The Balaban J connectivity index is 1.71.